The number of rotatable bonds is 7. The van der Waals surface area contributed by atoms with Gasteiger partial charge in [-0.2, -0.15) is 0 Å². The number of nitrogens with one attached hydrogen (secondary N) is 1. The van der Waals surface area contributed by atoms with E-state index >= 15 is 0 Å². The normalized spacial score (nSPS) is 10.2. The fourth-order valence-electron chi connectivity index (χ4n) is 1.77. The molecule has 6 heteroatoms. The smallest absolute Gasteiger partial charge is 0.220 e. The predicted octanol–water partition coefficient (Wildman–Crippen LogP) is 1.09. The van der Waals surface area contributed by atoms with Gasteiger partial charge in [0.1, 0.15) is 12.4 Å². The zero-order valence-corrected chi connectivity index (χ0v) is 13.1. The summed E-state index contributed by atoms with van der Waals surface area (Å²) < 4.78 is 6.63. The molecule has 0 radical (unpaired) electrons. The van der Waals surface area contributed by atoms with Gasteiger partial charge in [0, 0.05) is 16.9 Å². The highest BCUT2D eigenvalue weighted by molar-refractivity contribution is 9.10. The number of carbonyl (C=O) groups excluding carboxylic acids is 2. The zero-order valence-electron chi connectivity index (χ0n) is 11.5. The summed E-state index contributed by atoms with van der Waals surface area (Å²) in [6.07, 6.45) is -0.337. The molecule has 5 nitrogen and oxygen atoms in total. The minimum absolute atomic E-state index is 0.0708. The number of halogens is 1. The summed E-state index contributed by atoms with van der Waals surface area (Å²) in [5.74, 6) is -0.739. The highest BCUT2D eigenvalue weighted by atomic mass is 79.9. The van der Waals surface area contributed by atoms with Crippen LogP contribution in [-0.4, -0.2) is 25.0 Å². The Morgan fingerprint density at radius 2 is 1.85 bits per heavy atom. The SMILES string of the molecule is Cc1cc(Br)cc(C)c1OCCNC(=O)CCC(=O)[O-]. The number of aryl methyl sites for hydroxylation is 2. The third kappa shape index (κ3) is 5.61. The molecule has 0 unspecified atom stereocenters. The van der Waals surface area contributed by atoms with Crippen LogP contribution in [-0.2, 0) is 9.59 Å². The molecule has 0 saturated carbocycles. The van der Waals surface area contributed by atoms with Crippen molar-refractivity contribution in [3.63, 3.8) is 0 Å². The highest BCUT2D eigenvalue weighted by Gasteiger charge is 2.06. The summed E-state index contributed by atoms with van der Waals surface area (Å²) in [4.78, 5) is 21.5. The molecule has 0 aliphatic carbocycles. The van der Waals surface area contributed by atoms with Gasteiger partial charge in [-0.25, -0.2) is 0 Å². The van der Waals surface area contributed by atoms with E-state index in [0.29, 0.717) is 13.2 Å². The van der Waals surface area contributed by atoms with Crippen molar-refractivity contribution < 1.29 is 19.4 Å². The Morgan fingerprint density at radius 3 is 2.40 bits per heavy atom. The summed E-state index contributed by atoms with van der Waals surface area (Å²) in [7, 11) is 0. The Balaban J connectivity index is 2.35. The topological polar surface area (TPSA) is 78.5 Å². The van der Waals surface area contributed by atoms with Crippen molar-refractivity contribution in [1.82, 2.24) is 5.32 Å². The number of ether oxygens (including phenoxy) is 1. The standard InChI is InChI=1S/C14H18BrNO4/c1-9-7-11(15)8-10(2)14(9)20-6-5-16-12(17)3-4-13(18)19/h7-8H,3-6H2,1-2H3,(H,16,17)(H,18,19)/p-1. The van der Waals surface area contributed by atoms with Gasteiger partial charge in [0.15, 0.2) is 0 Å². The van der Waals surface area contributed by atoms with Crippen LogP contribution in [0.4, 0.5) is 0 Å². The highest BCUT2D eigenvalue weighted by Crippen LogP contribution is 2.27. The quantitative estimate of drug-likeness (QED) is 0.752. The Kier molecular flexibility index (Phi) is 6.51. The van der Waals surface area contributed by atoms with Crippen LogP contribution in [0.25, 0.3) is 0 Å². The van der Waals surface area contributed by atoms with Crippen LogP contribution in [0.3, 0.4) is 0 Å². The average Bonchev–Trinajstić information content (AvgIpc) is 2.34. The largest absolute Gasteiger partial charge is 0.550 e. The van der Waals surface area contributed by atoms with Crippen LogP contribution in [0, 0.1) is 13.8 Å². The fourth-order valence-corrected chi connectivity index (χ4v) is 2.46. The van der Waals surface area contributed by atoms with Crippen molar-refractivity contribution in [2.24, 2.45) is 0 Å². The molecule has 1 N–H and O–H groups in total. The molecule has 1 aromatic carbocycles. The lowest BCUT2D eigenvalue weighted by Crippen LogP contribution is -2.30. The number of hydrogen-bond acceptors (Lipinski definition) is 4. The molecule has 0 atom stereocenters. The Morgan fingerprint density at radius 1 is 1.25 bits per heavy atom. The third-order valence-corrected chi connectivity index (χ3v) is 3.11. The summed E-state index contributed by atoms with van der Waals surface area (Å²) in [5.41, 5.74) is 2.03. The molecule has 0 fully saturated rings. The first kappa shape index (κ1) is 16.5. The molecular formula is C14H17BrNO4-. The molecule has 0 aliphatic rings. The second-order valence-electron chi connectivity index (χ2n) is 4.44. The van der Waals surface area contributed by atoms with Crippen molar-refractivity contribution in [3.8, 4) is 5.75 Å². The van der Waals surface area contributed by atoms with E-state index < -0.39 is 5.97 Å². The number of aliphatic carboxylic acids is 1. The molecule has 1 amide bonds. The monoisotopic (exact) mass is 342 g/mol. The molecule has 0 spiro atoms. The first-order valence-corrected chi connectivity index (χ1v) is 7.05. The second-order valence-corrected chi connectivity index (χ2v) is 5.35. The number of carboxylic acids is 1. The minimum Gasteiger partial charge on any atom is -0.550 e. The number of carboxylic acid groups (broad SMARTS) is 1. The Labute approximate surface area is 126 Å². The first-order valence-electron chi connectivity index (χ1n) is 6.26. The Bertz CT molecular complexity index is 479. The van der Waals surface area contributed by atoms with Crippen molar-refractivity contribution in [2.75, 3.05) is 13.2 Å². The number of benzene rings is 1. The van der Waals surface area contributed by atoms with Crippen molar-refractivity contribution in [1.29, 1.82) is 0 Å². The lowest BCUT2D eigenvalue weighted by molar-refractivity contribution is -0.305. The van der Waals surface area contributed by atoms with Crippen LogP contribution in [0.1, 0.15) is 24.0 Å². The van der Waals surface area contributed by atoms with E-state index in [4.69, 9.17) is 4.74 Å². The van der Waals surface area contributed by atoms with Gasteiger partial charge < -0.3 is 20.0 Å². The maximum Gasteiger partial charge on any atom is 0.220 e. The molecular weight excluding hydrogens is 326 g/mol. The number of carbonyl (C=O) groups is 2. The van der Waals surface area contributed by atoms with E-state index in [0.717, 1.165) is 21.3 Å². The van der Waals surface area contributed by atoms with E-state index in [9.17, 15) is 14.7 Å². The molecule has 0 heterocycles. The molecule has 0 aromatic heterocycles. The molecule has 110 valence electrons. The fraction of sp³-hybridized carbons (Fsp3) is 0.429. The first-order chi connectivity index (χ1) is 9.40. The maximum absolute atomic E-state index is 11.3. The molecule has 0 aliphatic heterocycles. The van der Waals surface area contributed by atoms with Gasteiger partial charge in [0.25, 0.3) is 0 Å². The lowest BCUT2D eigenvalue weighted by Gasteiger charge is -2.13. The van der Waals surface area contributed by atoms with Crippen LogP contribution in [0.5, 0.6) is 5.75 Å². The lowest BCUT2D eigenvalue weighted by atomic mass is 10.1. The van der Waals surface area contributed by atoms with E-state index in [1.807, 2.05) is 26.0 Å². The van der Waals surface area contributed by atoms with Crippen molar-refractivity contribution in [2.45, 2.75) is 26.7 Å². The van der Waals surface area contributed by atoms with Crippen molar-refractivity contribution >= 4 is 27.8 Å². The van der Waals surface area contributed by atoms with Gasteiger partial charge in [0.2, 0.25) is 5.91 Å². The maximum atomic E-state index is 11.3. The number of amides is 1. The summed E-state index contributed by atoms with van der Waals surface area (Å²) in [6, 6.07) is 3.92. The van der Waals surface area contributed by atoms with Crippen molar-refractivity contribution in [3.05, 3.63) is 27.7 Å². The Hall–Kier alpha value is -1.56. The van der Waals surface area contributed by atoms with Gasteiger partial charge >= 0.3 is 0 Å². The third-order valence-electron chi connectivity index (χ3n) is 2.65. The minimum atomic E-state index is -1.22. The van der Waals surface area contributed by atoms with Crippen LogP contribution in [0.2, 0.25) is 0 Å². The summed E-state index contributed by atoms with van der Waals surface area (Å²) in [6.45, 7) is 4.57. The molecule has 0 saturated heterocycles. The summed E-state index contributed by atoms with van der Waals surface area (Å²) in [5, 5.41) is 12.8. The van der Waals surface area contributed by atoms with E-state index in [1.165, 1.54) is 0 Å². The van der Waals surface area contributed by atoms with Crippen LogP contribution < -0.4 is 15.2 Å². The van der Waals surface area contributed by atoms with Gasteiger partial charge in [0.05, 0.1) is 6.54 Å². The van der Waals surface area contributed by atoms with Gasteiger partial charge in [-0.3, -0.25) is 4.79 Å². The molecule has 0 bridgehead atoms. The van der Waals surface area contributed by atoms with Gasteiger partial charge in [-0.1, -0.05) is 15.9 Å². The van der Waals surface area contributed by atoms with E-state index in [-0.39, 0.29) is 18.7 Å². The second kappa shape index (κ2) is 7.89. The predicted molar refractivity (Wildman–Crippen MR) is 76.4 cm³/mol. The zero-order chi connectivity index (χ0) is 15.1. The van der Waals surface area contributed by atoms with E-state index in [2.05, 4.69) is 21.2 Å². The molecule has 1 aromatic rings. The molecule has 20 heavy (non-hydrogen) atoms. The molecule has 1 rings (SSSR count). The average molecular weight is 343 g/mol. The summed E-state index contributed by atoms with van der Waals surface area (Å²) >= 11 is 3.41. The van der Waals surface area contributed by atoms with Gasteiger partial charge in [-0.05, 0) is 43.5 Å². The van der Waals surface area contributed by atoms with Crippen LogP contribution in [0.15, 0.2) is 16.6 Å². The van der Waals surface area contributed by atoms with Gasteiger partial charge in [-0.15, -0.1) is 0 Å². The van der Waals surface area contributed by atoms with E-state index in [1.54, 1.807) is 0 Å². The number of hydrogen-bond donors (Lipinski definition) is 1. The van der Waals surface area contributed by atoms with Crippen LogP contribution >= 0.6 is 15.9 Å².